The number of rotatable bonds is 6. The Morgan fingerprint density at radius 3 is 3.16 bits per heavy atom. The summed E-state index contributed by atoms with van der Waals surface area (Å²) in [7, 11) is 0. The normalized spacial score (nSPS) is 12.3. The summed E-state index contributed by atoms with van der Waals surface area (Å²) in [4.78, 5) is 16.1. The van der Waals surface area contributed by atoms with Crippen molar-refractivity contribution in [3.63, 3.8) is 0 Å². The quantitative estimate of drug-likeness (QED) is 0.846. The predicted octanol–water partition coefficient (Wildman–Crippen LogP) is 1.83. The second-order valence-corrected chi connectivity index (χ2v) is 5.14. The molecule has 0 saturated heterocycles. The maximum atomic E-state index is 11.7. The second-order valence-electron chi connectivity index (χ2n) is 4.28. The van der Waals surface area contributed by atoms with E-state index in [1.807, 2.05) is 18.4 Å². The van der Waals surface area contributed by atoms with Gasteiger partial charge in [0.05, 0.1) is 18.4 Å². The molecule has 0 aliphatic rings. The van der Waals surface area contributed by atoms with E-state index >= 15 is 0 Å². The van der Waals surface area contributed by atoms with E-state index in [0.29, 0.717) is 12.2 Å². The minimum atomic E-state index is -0.0859. The SMILES string of the molecule is CC(CCO)NC(=O)Cc1csc(-c2ccco2)n1. The summed E-state index contributed by atoms with van der Waals surface area (Å²) in [6, 6.07) is 3.62. The third-order valence-corrected chi connectivity index (χ3v) is 3.50. The fourth-order valence-corrected chi connectivity index (χ4v) is 2.44. The highest BCUT2D eigenvalue weighted by atomic mass is 32.1. The third-order valence-electron chi connectivity index (χ3n) is 2.59. The van der Waals surface area contributed by atoms with Crippen LogP contribution in [0.15, 0.2) is 28.2 Å². The van der Waals surface area contributed by atoms with Crippen molar-refractivity contribution in [2.24, 2.45) is 0 Å². The largest absolute Gasteiger partial charge is 0.462 e. The van der Waals surface area contributed by atoms with Gasteiger partial charge in [0.1, 0.15) is 0 Å². The first-order chi connectivity index (χ1) is 9.19. The molecule has 2 heterocycles. The molecule has 102 valence electrons. The summed E-state index contributed by atoms with van der Waals surface area (Å²) in [5.74, 6) is 0.627. The van der Waals surface area contributed by atoms with Crippen molar-refractivity contribution in [2.75, 3.05) is 6.61 Å². The standard InChI is InChI=1S/C13H16N2O3S/c1-9(4-5-16)14-12(17)7-10-8-19-13(15-10)11-3-2-6-18-11/h2-3,6,8-9,16H,4-5,7H2,1H3,(H,14,17). The smallest absolute Gasteiger partial charge is 0.226 e. The fourth-order valence-electron chi connectivity index (χ4n) is 1.66. The van der Waals surface area contributed by atoms with Gasteiger partial charge < -0.3 is 14.8 Å². The summed E-state index contributed by atoms with van der Waals surface area (Å²) in [5, 5.41) is 14.2. The fraction of sp³-hybridized carbons (Fsp3) is 0.385. The van der Waals surface area contributed by atoms with Crippen molar-refractivity contribution < 1.29 is 14.3 Å². The van der Waals surface area contributed by atoms with Crippen LogP contribution in [0.4, 0.5) is 0 Å². The highest BCUT2D eigenvalue weighted by Gasteiger charge is 2.12. The number of nitrogens with one attached hydrogen (secondary N) is 1. The predicted molar refractivity (Wildman–Crippen MR) is 72.8 cm³/mol. The Kier molecular flexibility index (Phi) is 4.70. The molecule has 0 saturated carbocycles. The maximum absolute atomic E-state index is 11.7. The monoisotopic (exact) mass is 280 g/mol. The molecule has 0 fully saturated rings. The van der Waals surface area contributed by atoms with Crippen molar-refractivity contribution in [3.8, 4) is 10.8 Å². The van der Waals surface area contributed by atoms with Crippen LogP contribution in [0.3, 0.4) is 0 Å². The van der Waals surface area contributed by atoms with Gasteiger partial charge >= 0.3 is 0 Å². The van der Waals surface area contributed by atoms with E-state index in [9.17, 15) is 4.79 Å². The van der Waals surface area contributed by atoms with Crippen LogP contribution in [-0.2, 0) is 11.2 Å². The number of carbonyl (C=O) groups excluding carboxylic acids is 1. The Bertz CT molecular complexity index is 522. The molecule has 0 bridgehead atoms. The molecule has 1 amide bonds. The Morgan fingerprint density at radius 1 is 1.63 bits per heavy atom. The summed E-state index contributed by atoms with van der Waals surface area (Å²) in [6.07, 6.45) is 2.40. The lowest BCUT2D eigenvalue weighted by Crippen LogP contribution is -2.34. The van der Waals surface area contributed by atoms with E-state index in [1.165, 1.54) is 11.3 Å². The van der Waals surface area contributed by atoms with Crippen LogP contribution in [0.2, 0.25) is 0 Å². The van der Waals surface area contributed by atoms with Gasteiger partial charge in [0.2, 0.25) is 5.91 Å². The Morgan fingerprint density at radius 2 is 2.47 bits per heavy atom. The van der Waals surface area contributed by atoms with Crippen molar-refractivity contribution >= 4 is 17.2 Å². The van der Waals surface area contributed by atoms with Gasteiger partial charge in [-0.25, -0.2) is 4.98 Å². The highest BCUT2D eigenvalue weighted by molar-refractivity contribution is 7.13. The zero-order chi connectivity index (χ0) is 13.7. The summed E-state index contributed by atoms with van der Waals surface area (Å²) in [6.45, 7) is 1.93. The first-order valence-corrected chi connectivity index (χ1v) is 6.95. The summed E-state index contributed by atoms with van der Waals surface area (Å²) in [5.41, 5.74) is 0.727. The highest BCUT2D eigenvalue weighted by Crippen LogP contribution is 2.23. The van der Waals surface area contributed by atoms with E-state index in [1.54, 1.807) is 12.3 Å². The number of nitrogens with zero attached hydrogens (tertiary/aromatic N) is 1. The molecular formula is C13H16N2O3S. The molecule has 0 aromatic carbocycles. The molecule has 0 spiro atoms. The van der Waals surface area contributed by atoms with Crippen LogP contribution >= 0.6 is 11.3 Å². The minimum absolute atomic E-state index is 0.0271. The molecule has 19 heavy (non-hydrogen) atoms. The van der Waals surface area contributed by atoms with E-state index < -0.39 is 0 Å². The summed E-state index contributed by atoms with van der Waals surface area (Å²) < 4.78 is 5.25. The third kappa shape index (κ3) is 3.90. The van der Waals surface area contributed by atoms with Crippen LogP contribution in [-0.4, -0.2) is 28.6 Å². The van der Waals surface area contributed by atoms with Gasteiger partial charge in [-0.15, -0.1) is 11.3 Å². The Balaban J connectivity index is 1.91. The van der Waals surface area contributed by atoms with Gasteiger partial charge in [0.25, 0.3) is 0 Å². The first-order valence-electron chi connectivity index (χ1n) is 6.07. The lowest BCUT2D eigenvalue weighted by Gasteiger charge is -2.11. The molecule has 2 rings (SSSR count). The van der Waals surface area contributed by atoms with Crippen LogP contribution in [0.25, 0.3) is 10.8 Å². The molecule has 2 aromatic heterocycles. The van der Waals surface area contributed by atoms with Gasteiger partial charge in [-0.2, -0.15) is 0 Å². The topological polar surface area (TPSA) is 75.4 Å². The minimum Gasteiger partial charge on any atom is -0.462 e. The lowest BCUT2D eigenvalue weighted by molar-refractivity contribution is -0.121. The number of hydrogen-bond donors (Lipinski definition) is 2. The van der Waals surface area contributed by atoms with Crippen molar-refractivity contribution in [2.45, 2.75) is 25.8 Å². The Labute approximate surface area is 115 Å². The number of aromatic nitrogens is 1. The van der Waals surface area contributed by atoms with Gasteiger partial charge in [-0.05, 0) is 25.5 Å². The average Bonchev–Trinajstić information content (AvgIpc) is 2.98. The number of hydrogen-bond acceptors (Lipinski definition) is 5. The van der Waals surface area contributed by atoms with Crippen LogP contribution in [0.5, 0.6) is 0 Å². The zero-order valence-electron chi connectivity index (χ0n) is 10.6. The number of thiazole rings is 1. The number of furan rings is 1. The molecule has 1 atom stereocenters. The van der Waals surface area contributed by atoms with Crippen LogP contribution < -0.4 is 5.32 Å². The number of carbonyl (C=O) groups is 1. The molecular weight excluding hydrogens is 264 g/mol. The van der Waals surface area contributed by atoms with Crippen LogP contribution in [0, 0.1) is 0 Å². The molecule has 0 aliphatic heterocycles. The molecule has 0 radical (unpaired) electrons. The maximum Gasteiger partial charge on any atom is 0.226 e. The van der Waals surface area contributed by atoms with E-state index in [-0.39, 0.29) is 25.0 Å². The van der Waals surface area contributed by atoms with E-state index in [4.69, 9.17) is 9.52 Å². The van der Waals surface area contributed by atoms with Gasteiger partial charge in [0, 0.05) is 18.0 Å². The van der Waals surface area contributed by atoms with Crippen molar-refractivity contribution in [1.82, 2.24) is 10.3 Å². The molecule has 2 aromatic rings. The van der Waals surface area contributed by atoms with Gasteiger partial charge in [-0.3, -0.25) is 4.79 Å². The molecule has 6 heteroatoms. The number of aliphatic hydroxyl groups excluding tert-OH is 1. The Hall–Kier alpha value is -1.66. The molecule has 0 aliphatic carbocycles. The van der Waals surface area contributed by atoms with Crippen molar-refractivity contribution in [1.29, 1.82) is 0 Å². The molecule has 5 nitrogen and oxygen atoms in total. The second kappa shape index (κ2) is 6.49. The first kappa shape index (κ1) is 13.8. The van der Waals surface area contributed by atoms with E-state index in [2.05, 4.69) is 10.3 Å². The van der Waals surface area contributed by atoms with Gasteiger partial charge in [0.15, 0.2) is 10.8 Å². The number of aliphatic hydroxyl groups is 1. The lowest BCUT2D eigenvalue weighted by atomic mass is 10.2. The van der Waals surface area contributed by atoms with Gasteiger partial charge in [-0.1, -0.05) is 0 Å². The van der Waals surface area contributed by atoms with Crippen molar-refractivity contribution in [3.05, 3.63) is 29.5 Å². The molecule has 2 N–H and O–H groups in total. The number of amides is 1. The summed E-state index contributed by atoms with van der Waals surface area (Å²) >= 11 is 1.45. The average molecular weight is 280 g/mol. The molecule has 1 unspecified atom stereocenters. The van der Waals surface area contributed by atoms with E-state index in [0.717, 1.165) is 10.7 Å². The zero-order valence-corrected chi connectivity index (χ0v) is 11.4. The van der Waals surface area contributed by atoms with Crippen LogP contribution in [0.1, 0.15) is 19.0 Å².